The molecule has 0 spiro atoms. The maximum absolute atomic E-state index is 13.7. The molecule has 11 heteroatoms. The second kappa shape index (κ2) is 9.46. The number of aromatic nitrogens is 2. The topological polar surface area (TPSA) is 87.6 Å². The van der Waals surface area contributed by atoms with E-state index >= 15 is 0 Å². The average Bonchev–Trinajstić information content (AvgIpc) is 2.71. The van der Waals surface area contributed by atoms with E-state index in [1.807, 2.05) is 0 Å². The number of piperidine rings is 1. The van der Waals surface area contributed by atoms with Gasteiger partial charge in [-0.1, -0.05) is 6.07 Å². The van der Waals surface area contributed by atoms with Crippen LogP contribution in [-0.4, -0.2) is 51.7 Å². The summed E-state index contributed by atoms with van der Waals surface area (Å²) in [6.07, 6.45) is -2.97. The molecule has 168 valence electrons. The highest BCUT2D eigenvalue weighted by Gasteiger charge is 2.38. The number of carboxylic acid groups (broad SMARTS) is 1. The summed E-state index contributed by atoms with van der Waals surface area (Å²) in [4.78, 5) is 20.3. The van der Waals surface area contributed by atoms with Crippen molar-refractivity contribution >= 4 is 11.9 Å². The fraction of sp³-hybridized carbons (Fsp3) is 0.450. The van der Waals surface area contributed by atoms with Crippen molar-refractivity contribution in [1.82, 2.24) is 14.9 Å². The van der Waals surface area contributed by atoms with Crippen LogP contribution in [0.25, 0.3) is 0 Å². The van der Waals surface area contributed by atoms with Crippen molar-refractivity contribution < 1.29 is 32.2 Å². The number of hydrogen-bond acceptors (Lipinski definition) is 6. The van der Waals surface area contributed by atoms with Crippen LogP contribution < -0.4 is 10.1 Å². The molecule has 1 aliphatic heterocycles. The fourth-order valence-corrected chi connectivity index (χ4v) is 3.41. The standard InChI is InChI=1S/C20H22F4N4O3/c1-2-31-16-9-12(3-4-15(16)21)11-28-7-5-13(6-8-28)26-19-25-10-14(18(29)30)17(27-19)20(22,23)24/h3-4,9-10,13H,2,5-8,11H2,1H3,(H,29,30)(H,25,26,27). The van der Waals surface area contributed by atoms with E-state index in [9.17, 15) is 22.4 Å². The summed E-state index contributed by atoms with van der Waals surface area (Å²) in [5, 5.41) is 11.8. The van der Waals surface area contributed by atoms with Gasteiger partial charge in [-0.2, -0.15) is 13.2 Å². The van der Waals surface area contributed by atoms with E-state index in [-0.39, 0.29) is 17.7 Å². The third-order valence-corrected chi connectivity index (χ3v) is 4.91. The number of anilines is 1. The van der Waals surface area contributed by atoms with Gasteiger partial charge >= 0.3 is 12.1 Å². The summed E-state index contributed by atoms with van der Waals surface area (Å²) >= 11 is 0. The van der Waals surface area contributed by atoms with Gasteiger partial charge in [0.1, 0.15) is 5.56 Å². The number of halogens is 4. The number of hydrogen-bond donors (Lipinski definition) is 2. The Morgan fingerprint density at radius 2 is 2.03 bits per heavy atom. The highest BCUT2D eigenvalue weighted by Crippen LogP contribution is 2.31. The molecule has 2 N–H and O–H groups in total. The predicted octanol–water partition coefficient (Wildman–Crippen LogP) is 3.81. The molecule has 0 radical (unpaired) electrons. The molecular weight excluding hydrogens is 420 g/mol. The molecule has 0 bridgehead atoms. The molecule has 1 aromatic carbocycles. The number of ether oxygens (including phenoxy) is 1. The molecule has 1 saturated heterocycles. The third-order valence-electron chi connectivity index (χ3n) is 4.91. The first-order valence-corrected chi connectivity index (χ1v) is 9.75. The van der Waals surface area contributed by atoms with Crippen molar-refractivity contribution in [3.05, 3.63) is 47.0 Å². The Bertz CT molecular complexity index is 931. The molecule has 1 aromatic heterocycles. The Labute approximate surface area is 176 Å². The van der Waals surface area contributed by atoms with Crippen LogP contribution in [0.15, 0.2) is 24.4 Å². The minimum absolute atomic E-state index is 0.153. The molecule has 0 aliphatic carbocycles. The van der Waals surface area contributed by atoms with Crippen LogP contribution in [0.2, 0.25) is 0 Å². The van der Waals surface area contributed by atoms with Gasteiger partial charge in [-0.25, -0.2) is 19.2 Å². The van der Waals surface area contributed by atoms with E-state index < -0.39 is 29.2 Å². The number of nitrogens with zero attached hydrogens (tertiary/aromatic N) is 3. The summed E-state index contributed by atoms with van der Waals surface area (Å²) in [7, 11) is 0. The van der Waals surface area contributed by atoms with Gasteiger partial charge < -0.3 is 15.2 Å². The zero-order chi connectivity index (χ0) is 22.6. The van der Waals surface area contributed by atoms with E-state index in [1.165, 1.54) is 6.07 Å². The van der Waals surface area contributed by atoms with Gasteiger partial charge in [0.05, 0.1) is 6.61 Å². The number of nitrogens with one attached hydrogen (secondary N) is 1. The molecule has 31 heavy (non-hydrogen) atoms. The highest BCUT2D eigenvalue weighted by atomic mass is 19.4. The maximum Gasteiger partial charge on any atom is 0.434 e. The van der Waals surface area contributed by atoms with Crippen molar-refractivity contribution in [3.63, 3.8) is 0 Å². The van der Waals surface area contributed by atoms with Crippen LogP contribution in [0.4, 0.5) is 23.5 Å². The molecular formula is C20H22F4N4O3. The van der Waals surface area contributed by atoms with Crippen LogP contribution in [0.5, 0.6) is 5.75 Å². The van der Waals surface area contributed by atoms with Gasteiger partial charge in [-0.05, 0) is 37.5 Å². The SMILES string of the molecule is CCOc1cc(CN2CCC(Nc3ncc(C(=O)O)c(C(F)(F)F)n3)CC2)ccc1F. The summed E-state index contributed by atoms with van der Waals surface area (Å²) in [6.45, 7) is 4.06. The number of likely N-dealkylation sites (tertiary alicyclic amines) is 1. The lowest BCUT2D eigenvalue weighted by Gasteiger charge is -2.32. The molecule has 0 unspecified atom stereocenters. The quantitative estimate of drug-likeness (QED) is 0.631. The minimum Gasteiger partial charge on any atom is -0.491 e. The van der Waals surface area contributed by atoms with Crippen LogP contribution in [0.1, 0.15) is 41.4 Å². The largest absolute Gasteiger partial charge is 0.491 e. The van der Waals surface area contributed by atoms with Gasteiger partial charge in [-0.15, -0.1) is 0 Å². The number of alkyl halides is 3. The molecule has 0 amide bonds. The number of carbonyl (C=O) groups is 1. The lowest BCUT2D eigenvalue weighted by Crippen LogP contribution is -2.39. The van der Waals surface area contributed by atoms with E-state index in [4.69, 9.17) is 9.84 Å². The Kier molecular flexibility index (Phi) is 6.94. The van der Waals surface area contributed by atoms with Crippen molar-refractivity contribution in [2.75, 3.05) is 25.0 Å². The number of aromatic carboxylic acids is 1. The van der Waals surface area contributed by atoms with E-state index in [0.717, 1.165) is 5.56 Å². The van der Waals surface area contributed by atoms with E-state index in [0.29, 0.717) is 45.3 Å². The van der Waals surface area contributed by atoms with Gasteiger partial charge in [-0.3, -0.25) is 4.90 Å². The van der Waals surface area contributed by atoms with Gasteiger partial charge in [0.15, 0.2) is 17.3 Å². The van der Waals surface area contributed by atoms with Crippen LogP contribution in [-0.2, 0) is 12.7 Å². The molecule has 2 heterocycles. The molecule has 7 nitrogen and oxygen atoms in total. The normalized spacial score (nSPS) is 15.6. The van der Waals surface area contributed by atoms with Crippen molar-refractivity contribution in [3.8, 4) is 5.75 Å². The molecule has 0 saturated carbocycles. The highest BCUT2D eigenvalue weighted by molar-refractivity contribution is 5.88. The molecule has 0 atom stereocenters. The van der Waals surface area contributed by atoms with Crippen LogP contribution >= 0.6 is 0 Å². The Morgan fingerprint density at radius 1 is 1.32 bits per heavy atom. The number of rotatable bonds is 7. The lowest BCUT2D eigenvalue weighted by atomic mass is 10.0. The van der Waals surface area contributed by atoms with E-state index in [2.05, 4.69) is 20.2 Å². The van der Waals surface area contributed by atoms with Gasteiger partial charge in [0.25, 0.3) is 0 Å². The zero-order valence-corrected chi connectivity index (χ0v) is 16.7. The van der Waals surface area contributed by atoms with Crippen LogP contribution in [0.3, 0.4) is 0 Å². The fourth-order valence-electron chi connectivity index (χ4n) is 3.41. The van der Waals surface area contributed by atoms with E-state index in [1.54, 1.807) is 19.1 Å². The molecule has 1 aliphatic rings. The Hall–Kier alpha value is -2.95. The van der Waals surface area contributed by atoms with Crippen molar-refractivity contribution in [2.45, 2.75) is 38.5 Å². The first-order chi connectivity index (χ1) is 14.7. The Balaban J connectivity index is 1.59. The summed E-state index contributed by atoms with van der Waals surface area (Å²) in [5.74, 6) is -2.20. The van der Waals surface area contributed by atoms with Gasteiger partial charge in [0.2, 0.25) is 5.95 Å². The predicted molar refractivity (Wildman–Crippen MR) is 103 cm³/mol. The third kappa shape index (κ3) is 5.81. The number of carboxylic acids is 1. The summed E-state index contributed by atoms with van der Waals surface area (Å²) < 4.78 is 58.3. The zero-order valence-electron chi connectivity index (χ0n) is 16.7. The maximum atomic E-state index is 13.7. The average molecular weight is 442 g/mol. The van der Waals surface area contributed by atoms with Gasteiger partial charge in [0, 0.05) is 31.9 Å². The lowest BCUT2D eigenvalue weighted by molar-refractivity contribution is -0.141. The van der Waals surface area contributed by atoms with Crippen LogP contribution in [0, 0.1) is 5.82 Å². The smallest absolute Gasteiger partial charge is 0.434 e. The second-order valence-electron chi connectivity index (χ2n) is 7.15. The molecule has 1 fully saturated rings. The summed E-state index contributed by atoms with van der Waals surface area (Å²) in [5.41, 5.74) is -1.56. The first-order valence-electron chi connectivity index (χ1n) is 9.75. The Morgan fingerprint density at radius 3 is 2.65 bits per heavy atom. The van der Waals surface area contributed by atoms with Crippen molar-refractivity contribution in [2.24, 2.45) is 0 Å². The monoisotopic (exact) mass is 442 g/mol. The summed E-state index contributed by atoms with van der Waals surface area (Å²) in [6, 6.07) is 4.57. The molecule has 3 rings (SSSR count). The number of benzene rings is 1. The van der Waals surface area contributed by atoms with Crippen molar-refractivity contribution in [1.29, 1.82) is 0 Å². The minimum atomic E-state index is -4.90. The molecule has 2 aromatic rings. The second-order valence-corrected chi connectivity index (χ2v) is 7.15. The first kappa shape index (κ1) is 22.7.